The molecular weight excluding hydrogens is 450 g/mol. The SMILES string of the molecule is CCNC(=O)[C@H](C)N(Cc1ccccc1C)C(=O)CN(c1ccc(Cl)cc1C)S(C)(=O)=O. The first-order valence-electron chi connectivity index (χ1n) is 10.3. The lowest BCUT2D eigenvalue weighted by molar-refractivity contribution is -0.139. The Morgan fingerprint density at radius 2 is 1.75 bits per heavy atom. The monoisotopic (exact) mass is 479 g/mol. The maximum atomic E-state index is 13.4. The summed E-state index contributed by atoms with van der Waals surface area (Å²) in [5.41, 5.74) is 2.84. The standard InChI is InChI=1S/C23H30ClN3O4S/c1-6-25-23(29)18(4)26(14-19-10-8-7-9-16(19)2)22(28)15-27(32(5,30)31)21-12-11-20(24)13-17(21)3/h7-13,18H,6,14-15H2,1-5H3,(H,25,29)/t18-/m0/s1. The first kappa shape index (κ1) is 25.7. The van der Waals surface area contributed by atoms with E-state index < -0.39 is 28.5 Å². The number of likely N-dealkylation sites (N-methyl/N-ethyl adjacent to an activating group) is 1. The summed E-state index contributed by atoms with van der Waals surface area (Å²) in [5.74, 6) is -0.783. The van der Waals surface area contributed by atoms with Crippen LogP contribution in [0.1, 0.15) is 30.5 Å². The molecule has 0 saturated heterocycles. The van der Waals surface area contributed by atoms with Gasteiger partial charge in [0.15, 0.2) is 0 Å². The molecule has 7 nitrogen and oxygen atoms in total. The number of amides is 2. The van der Waals surface area contributed by atoms with Gasteiger partial charge in [-0.3, -0.25) is 13.9 Å². The Hall–Kier alpha value is -2.58. The molecule has 2 aromatic carbocycles. The van der Waals surface area contributed by atoms with Gasteiger partial charge in [-0.25, -0.2) is 8.42 Å². The topological polar surface area (TPSA) is 86.8 Å². The maximum Gasteiger partial charge on any atom is 0.244 e. The van der Waals surface area contributed by atoms with Crippen molar-refractivity contribution in [1.82, 2.24) is 10.2 Å². The second kappa shape index (κ2) is 10.8. The number of hydrogen-bond donors (Lipinski definition) is 1. The summed E-state index contributed by atoms with van der Waals surface area (Å²) < 4.78 is 26.2. The number of benzene rings is 2. The van der Waals surface area contributed by atoms with Crippen molar-refractivity contribution < 1.29 is 18.0 Å². The van der Waals surface area contributed by atoms with Gasteiger partial charge >= 0.3 is 0 Å². The molecular formula is C23H30ClN3O4S. The molecule has 174 valence electrons. The highest BCUT2D eigenvalue weighted by molar-refractivity contribution is 7.92. The Morgan fingerprint density at radius 3 is 2.31 bits per heavy atom. The van der Waals surface area contributed by atoms with Crippen LogP contribution in [0.2, 0.25) is 5.02 Å². The van der Waals surface area contributed by atoms with E-state index in [9.17, 15) is 18.0 Å². The number of carbonyl (C=O) groups excluding carboxylic acids is 2. The van der Waals surface area contributed by atoms with Crippen molar-refractivity contribution in [1.29, 1.82) is 0 Å². The molecule has 2 aromatic rings. The van der Waals surface area contributed by atoms with Gasteiger partial charge in [-0.1, -0.05) is 35.9 Å². The molecule has 0 spiro atoms. The van der Waals surface area contributed by atoms with Crippen molar-refractivity contribution in [3.05, 3.63) is 64.2 Å². The van der Waals surface area contributed by atoms with Crippen molar-refractivity contribution in [3.63, 3.8) is 0 Å². The molecule has 0 aliphatic heterocycles. The highest BCUT2D eigenvalue weighted by Crippen LogP contribution is 2.26. The van der Waals surface area contributed by atoms with Gasteiger partial charge in [0, 0.05) is 18.1 Å². The van der Waals surface area contributed by atoms with Crippen LogP contribution in [0.25, 0.3) is 0 Å². The third-order valence-electron chi connectivity index (χ3n) is 5.23. The van der Waals surface area contributed by atoms with Gasteiger partial charge in [0.05, 0.1) is 11.9 Å². The second-order valence-electron chi connectivity index (χ2n) is 7.72. The number of anilines is 1. The minimum absolute atomic E-state index is 0.182. The molecule has 9 heteroatoms. The summed E-state index contributed by atoms with van der Waals surface area (Å²) in [6.45, 7) is 7.26. The van der Waals surface area contributed by atoms with Crippen LogP contribution in [0.3, 0.4) is 0 Å². The van der Waals surface area contributed by atoms with Crippen molar-refractivity contribution in [2.45, 2.75) is 40.3 Å². The molecule has 2 rings (SSSR count). The Bertz CT molecular complexity index is 1090. The van der Waals surface area contributed by atoms with Gasteiger partial charge < -0.3 is 10.2 Å². The number of hydrogen-bond acceptors (Lipinski definition) is 4. The first-order valence-corrected chi connectivity index (χ1v) is 12.5. The van der Waals surface area contributed by atoms with E-state index in [1.54, 1.807) is 39.0 Å². The van der Waals surface area contributed by atoms with Crippen LogP contribution in [-0.4, -0.2) is 50.5 Å². The zero-order chi connectivity index (χ0) is 24.1. The van der Waals surface area contributed by atoms with Crippen LogP contribution in [0.4, 0.5) is 5.69 Å². The fraction of sp³-hybridized carbons (Fsp3) is 0.391. The first-order chi connectivity index (χ1) is 15.0. The van der Waals surface area contributed by atoms with Gasteiger partial charge in [-0.05, 0) is 62.6 Å². The van der Waals surface area contributed by atoms with Crippen molar-refractivity contribution in [2.24, 2.45) is 0 Å². The lowest BCUT2D eigenvalue weighted by atomic mass is 10.1. The van der Waals surface area contributed by atoms with E-state index in [1.807, 2.05) is 31.2 Å². The Kier molecular flexibility index (Phi) is 8.69. The fourth-order valence-electron chi connectivity index (χ4n) is 3.37. The number of nitrogens with zero attached hydrogens (tertiary/aromatic N) is 2. The molecule has 0 heterocycles. The van der Waals surface area contributed by atoms with Gasteiger partial charge in [-0.15, -0.1) is 0 Å². The number of carbonyl (C=O) groups is 2. The van der Waals surface area contributed by atoms with Crippen LogP contribution in [-0.2, 0) is 26.2 Å². The third-order valence-corrected chi connectivity index (χ3v) is 6.59. The zero-order valence-corrected chi connectivity index (χ0v) is 20.6. The minimum Gasteiger partial charge on any atom is -0.355 e. The maximum absolute atomic E-state index is 13.4. The van der Waals surface area contributed by atoms with Crippen LogP contribution < -0.4 is 9.62 Å². The minimum atomic E-state index is -3.78. The molecule has 0 aliphatic carbocycles. The van der Waals surface area contributed by atoms with E-state index >= 15 is 0 Å². The van der Waals surface area contributed by atoms with E-state index in [0.717, 1.165) is 21.7 Å². The number of nitrogens with one attached hydrogen (secondary N) is 1. The van der Waals surface area contributed by atoms with E-state index in [0.29, 0.717) is 22.8 Å². The average molecular weight is 480 g/mol. The molecule has 0 radical (unpaired) electrons. The van der Waals surface area contributed by atoms with E-state index in [4.69, 9.17) is 11.6 Å². The van der Waals surface area contributed by atoms with Gasteiger partial charge in [-0.2, -0.15) is 0 Å². The van der Waals surface area contributed by atoms with Gasteiger partial charge in [0.25, 0.3) is 0 Å². The number of halogens is 1. The molecule has 1 atom stereocenters. The molecule has 0 fully saturated rings. The summed E-state index contributed by atoms with van der Waals surface area (Å²) in [7, 11) is -3.78. The molecule has 1 N–H and O–H groups in total. The van der Waals surface area contributed by atoms with Crippen LogP contribution >= 0.6 is 11.6 Å². The van der Waals surface area contributed by atoms with E-state index in [2.05, 4.69) is 5.32 Å². The fourth-order valence-corrected chi connectivity index (χ4v) is 4.50. The largest absolute Gasteiger partial charge is 0.355 e. The van der Waals surface area contributed by atoms with Crippen molar-refractivity contribution in [3.8, 4) is 0 Å². The summed E-state index contributed by atoms with van der Waals surface area (Å²) in [5, 5.41) is 3.20. The van der Waals surface area contributed by atoms with Crippen LogP contribution in [0.15, 0.2) is 42.5 Å². The molecule has 0 unspecified atom stereocenters. The molecule has 0 bridgehead atoms. The lowest BCUT2D eigenvalue weighted by Gasteiger charge is -2.32. The molecule has 32 heavy (non-hydrogen) atoms. The highest BCUT2D eigenvalue weighted by Gasteiger charge is 2.30. The predicted molar refractivity (Wildman–Crippen MR) is 128 cm³/mol. The summed E-state index contributed by atoms with van der Waals surface area (Å²) in [4.78, 5) is 27.4. The second-order valence-corrected chi connectivity index (χ2v) is 10.1. The third kappa shape index (κ3) is 6.46. The Morgan fingerprint density at radius 1 is 1.09 bits per heavy atom. The summed E-state index contributed by atoms with van der Waals surface area (Å²) in [6, 6.07) is 11.6. The van der Waals surface area contributed by atoms with E-state index in [-0.39, 0.29) is 12.5 Å². The predicted octanol–water partition coefficient (Wildman–Crippen LogP) is 3.28. The number of rotatable bonds is 9. The molecule has 2 amide bonds. The smallest absolute Gasteiger partial charge is 0.244 e. The summed E-state index contributed by atoms with van der Waals surface area (Å²) >= 11 is 6.02. The average Bonchev–Trinajstić information content (AvgIpc) is 2.70. The normalized spacial score (nSPS) is 12.2. The zero-order valence-electron chi connectivity index (χ0n) is 19.1. The molecule has 0 aliphatic rings. The van der Waals surface area contributed by atoms with E-state index in [1.165, 1.54) is 4.90 Å². The molecule has 0 saturated carbocycles. The number of aryl methyl sites for hydroxylation is 2. The molecule has 0 aromatic heterocycles. The lowest BCUT2D eigenvalue weighted by Crippen LogP contribution is -2.51. The Balaban J connectivity index is 2.43. The van der Waals surface area contributed by atoms with Gasteiger partial charge in [0.1, 0.15) is 12.6 Å². The Labute approximate surface area is 195 Å². The quantitative estimate of drug-likeness (QED) is 0.598. The van der Waals surface area contributed by atoms with Gasteiger partial charge in [0.2, 0.25) is 21.8 Å². The van der Waals surface area contributed by atoms with Crippen LogP contribution in [0.5, 0.6) is 0 Å². The number of sulfonamides is 1. The van der Waals surface area contributed by atoms with Crippen molar-refractivity contribution >= 4 is 39.1 Å². The van der Waals surface area contributed by atoms with Crippen LogP contribution in [0, 0.1) is 13.8 Å². The van der Waals surface area contributed by atoms with Crippen molar-refractivity contribution in [2.75, 3.05) is 23.7 Å². The highest BCUT2D eigenvalue weighted by atomic mass is 35.5. The summed E-state index contributed by atoms with van der Waals surface area (Å²) in [6.07, 6.45) is 1.05.